The van der Waals surface area contributed by atoms with E-state index in [1.165, 1.54) is 11.3 Å². The Morgan fingerprint density at radius 3 is 2.31 bits per heavy atom. The summed E-state index contributed by atoms with van der Waals surface area (Å²) in [6.07, 6.45) is 0. The Morgan fingerprint density at radius 2 is 1.69 bits per heavy atom. The minimum Gasteiger partial charge on any atom is -0.372 e. The van der Waals surface area contributed by atoms with Crippen molar-refractivity contribution < 1.29 is 4.79 Å². The van der Waals surface area contributed by atoms with Crippen LogP contribution in [0.4, 0.5) is 10.8 Å². The van der Waals surface area contributed by atoms with Gasteiger partial charge in [-0.05, 0) is 45.0 Å². The van der Waals surface area contributed by atoms with Gasteiger partial charge in [-0.2, -0.15) is 0 Å². The van der Waals surface area contributed by atoms with E-state index in [1.54, 1.807) is 0 Å². The Bertz CT molecular complexity index is 868. The summed E-state index contributed by atoms with van der Waals surface area (Å²) in [4.78, 5) is 20.5. The molecule has 4 nitrogen and oxygen atoms in total. The number of benzene rings is 2. The molecule has 0 aliphatic rings. The maximum absolute atomic E-state index is 12.5. The fourth-order valence-electron chi connectivity index (χ4n) is 2.90. The minimum atomic E-state index is -0.135. The minimum absolute atomic E-state index is 0.135. The van der Waals surface area contributed by atoms with Gasteiger partial charge < -0.3 is 4.90 Å². The summed E-state index contributed by atoms with van der Waals surface area (Å²) >= 11 is 1.50. The number of thiazole rings is 1. The molecule has 0 aliphatic heterocycles. The van der Waals surface area contributed by atoms with Crippen molar-refractivity contribution in [1.29, 1.82) is 0 Å². The lowest BCUT2D eigenvalue weighted by atomic mass is 10.1. The number of hydrogen-bond acceptors (Lipinski definition) is 4. The second-order valence-corrected chi connectivity index (χ2v) is 7.17. The van der Waals surface area contributed by atoms with Gasteiger partial charge in [0.2, 0.25) is 0 Å². The van der Waals surface area contributed by atoms with E-state index in [2.05, 4.69) is 29.0 Å². The summed E-state index contributed by atoms with van der Waals surface area (Å²) in [6.45, 7) is 8.17. The summed E-state index contributed by atoms with van der Waals surface area (Å²) in [7, 11) is 0. The highest BCUT2D eigenvalue weighted by Gasteiger charge is 2.13. The van der Waals surface area contributed by atoms with E-state index >= 15 is 0 Å². The quantitative estimate of drug-likeness (QED) is 0.651. The van der Waals surface area contributed by atoms with Crippen LogP contribution < -0.4 is 10.2 Å². The van der Waals surface area contributed by atoms with Crippen LogP contribution in [0, 0.1) is 6.92 Å². The van der Waals surface area contributed by atoms with Crippen LogP contribution in [0.25, 0.3) is 11.3 Å². The van der Waals surface area contributed by atoms with Crippen LogP contribution in [0.15, 0.2) is 54.6 Å². The first-order chi connectivity index (χ1) is 12.6. The van der Waals surface area contributed by atoms with Crippen LogP contribution in [-0.2, 0) is 0 Å². The summed E-state index contributed by atoms with van der Waals surface area (Å²) in [5, 5.41) is 3.54. The molecule has 5 heteroatoms. The third kappa shape index (κ3) is 3.94. The summed E-state index contributed by atoms with van der Waals surface area (Å²) in [5.41, 5.74) is 3.74. The molecule has 0 aliphatic carbocycles. The number of aryl methyl sites for hydroxylation is 1. The van der Waals surface area contributed by atoms with Crippen LogP contribution in [0.3, 0.4) is 0 Å². The van der Waals surface area contributed by atoms with Crippen LogP contribution >= 0.6 is 11.3 Å². The molecule has 1 N–H and O–H groups in total. The lowest BCUT2D eigenvalue weighted by Crippen LogP contribution is -2.21. The predicted molar refractivity (Wildman–Crippen MR) is 110 cm³/mol. The highest BCUT2D eigenvalue weighted by atomic mass is 32.1. The second kappa shape index (κ2) is 8.15. The number of carbonyl (C=O) groups is 1. The van der Waals surface area contributed by atoms with Gasteiger partial charge in [0.05, 0.1) is 5.69 Å². The molecule has 1 amide bonds. The van der Waals surface area contributed by atoms with Gasteiger partial charge in [-0.15, -0.1) is 11.3 Å². The van der Waals surface area contributed by atoms with Crippen molar-refractivity contribution in [1.82, 2.24) is 4.98 Å². The molecule has 0 bridgehead atoms. The Balaban J connectivity index is 1.74. The third-order valence-electron chi connectivity index (χ3n) is 4.32. The number of rotatable bonds is 6. The first-order valence-corrected chi connectivity index (χ1v) is 9.63. The topological polar surface area (TPSA) is 45.2 Å². The van der Waals surface area contributed by atoms with E-state index in [4.69, 9.17) is 0 Å². The van der Waals surface area contributed by atoms with Crippen molar-refractivity contribution >= 4 is 28.1 Å². The molecule has 1 heterocycles. The van der Waals surface area contributed by atoms with Crippen molar-refractivity contribution in [3.05, 3.63) is 65.0 Å². The molecule has 0 spiro atoms. The lowest BCUT2D eigenvalue weighted by Gasteiger charge is -2.20. The number of nitrogens with one attached hydrogen (secondary N) is 1. The number of aromatic nitrogens is 1. The molecule has 0 saturated heterocycles. The number of amides is 1. The third-order valence-corrected chi connectivity index (χ3v) is 5.21. The standard InChI is InChI=1S/C21H23N3OS/c1-4-24(5-2)18-13-11-17(12-14-18)20(25)23-21-22-19(15(3)26-21)16-9-7-6-8-10-16/h6-14H,4-5H2,1-3H3,(H,22,23,25). The fourth-order valence-corrected chi connectivity index (χ4v) is 3.73. The van der Waals surface area contributed by atoms with E-state index < -0.39 is 0 Å². The van der Waals surface area contributed by atoms with E-state index in [1.807, 2.05) is 61.5 Å². The van der Waals surface area contributed by atoms with Gasteiger partial charge in [-0.25, -0.2) is 4.98 Å². The SMILES string of the molecule is CCN(CC)c1ccc(C(=O)Nc2nc(-c3ccccc3)c(C)s2)cc1. The van der Waals surface area contributed by atoms with Gasteiger partial charge in [-0.3, -0.25) is 10.1 Å². The zero-order chi connectivity index (χ0) is 18.5. The van der Waals surface area contributed by atoms with Gasteiger partial charge in [0.25, 0.3) is 5.91 Å². The Hall–Kier alpha value is -2.66. The Morgan fingerprint density at radius 1 is 1.04 bits per heavy atom. The fraction of sp³-hybridized carbons (Fsp3) is 0.238. The molecule has 3 aromatic rings. The smallest absolute Gasteiger partial charge is 0.257 e. The van der Waals surface area contributed by atoms with Crippen LogP contribution in [0.2, 0.25) is 0 Å². The predicted octanol–water partition coefficient (Wildman–Crippen LogP) is 5.22. The number of hydrogen-bond donors (Lipinski definition) is 1. The van der Waals surface area contributed by atoms with Gasteiger partial charge >= 0.3 is 0 Å². The first-order valence-electron chi connectivity index (χ1n) is 8.81. The molecular weight excluding hydrogens is 342 g/mol. The zero-order valence-corrected chi connectivity index (χ0v) is 16.1. The largest absolute Gasteiger partial charge is 0.372 e. The van der Waals surface area contributed by atoms with Crippen molar-refractivity contribution in [2.24, 2.45) is 0 Å². The molecule has 0 atom stereocenters. The number of carbonyl (C=O) groups excluding carboxylic acids is 1. The molecule has 26 heavy (non-hydrogen) atoms. The Kier molecular flexibility index (Phi) is 5.68. The molecule has 0 radical (unpaired) electrons. The van der Waals surface area contributed by atoms with Crippen molar-refractivity contribution in [3.8, 4) is 11.3 Å². The molecule has 0 unspecified atom stereocenters. The van der Waals surface area contributed by atoms with Crippen molar-refractivity contribution in [2.45, 2.75) is 20.8 Å². The monoisotopic (exact) mass is 365 g/mol. The summed E-state index contributed by atoms with van der Waals surface area (Å²) < 4.78 is 0. The van der Waals surface area contributed by atoms with E-state index in [0.717, 1.165) is 34.9 Å². The lowest BCUT2D eigenvalue weighted by molar-refractivity contribution is 0.102. The maximum atomic E-state index is 12.5. The molecule has 2 aromatic carbocycles. The van der Waals surface area contributed by atoms with E-state index in [0.29, 0.717) is 10.7 Å². The second-order valence-electron chi connectivity index (χ2n) is 5.96. The number of nitrogens with zero attached hydrogens (tertiary/aromatic N) is 2. The van der Waals surface area contributed by atoms with Crippen LogP contribution in [0.1, 0.15) is 29.1 Å². The Labute approximate surface area is 158 Å². The van der Waals surface area contributed by atoms with Gasteiger partial charge in [0.15, 0.2) is 5.13 Å². The molecular formula is C21H23N3OS. The molecule has 0 saturated carbocycles. The summed E-state index contributed by atoms with van der Waals surface area (Å²) in [5.74, 6) is -0.135. The molecule has 3 rings (SSSR count). The van der Waals surface area contributed by atoms with Gasteiger partial charge in [0, 0.05) is 34.8 Å². The average molecular weight is 366 g/mol. The van der Waals surface area contributed by atoms with Crippen LogP contribution in [0.5, 0.6) is 0 Å². The van der Waals surface area contributed by atoms with Gasteiger partial charge in [0.1, 0.15) is 0 Å². The summed E-state index contributed by atoms with van der Waals surface area (Å²) in [6, 6.07) is 17.7. The highest BCUT2D eigenvalue weighted by Crippen LogP contribution is 2.30. The maximum Gasteiger partial charge on any atom is 0.257 e. The van der Waals surface area contributed by atoms with Gasteiger partial charge in [-0.1, -0.05) is 30.3 Å². The van der Waals surface area contributed by atoms with E-state index in [-0.39, 0.29) is 5.91 Å². The first kappa shape index (κ1) is 18.1. The van der Waals surface area contributed by atoms with E-state index in [9.17, 15) is 4.79 Å². The number of anilines is 2. The molecule has 1 aromatic heterocycles. The highest BCUT2D eigenvalue weighted by molar-refractivity contribution is 7.16. The van der Waals surface area contributed by atoms with Crippen LogP contribution in [-0.4, -0.2) is 24.0 Å². The molecule has 134 valence electrons. The van der Waals surface area contributed by atoms with Crippen molar-refractivity contribution in [2.75, 3.05) is 23.3 Å². The normalized spacial score (nSPS) is 10.6. The average Bonchev–Trinajstić information content (AvgIpc) is 3.04. The van der Waals surface area contributed by atoms with Crippen molar-refractivity contribution in [3.63, 3.8) is 0 Å². The zero-order valence-electron chi connectivity index (χ0n) is 15.3. The molecule has 0 fully saturated rings.